The predicted molar refractivity (Wildman–Crippen MR) is 83.4 cm³/mol. The van der Waals surface area contributed by atoms with E-state index in [1.54, 1.807) is 38.0 Å². The van der Waals surface area contributed by atoms with Crippen LogP contribution in [0, 0.1) is 11.8 Å². The molecule has 0 saturated carbocycles. The van der Waals surface area contributed by atoms with Crippen LogP contribution in [0.25, 0.3) is 0 Å². The van der Waals surface area contributed by atoms with Crippen molar-refractivity contribution in [3.63, 3.8) is 0 Å². The number of carbonyl (C=O) groups is 2. The van der Waals surface area contributed by atoms with Gasteiger partial charge >= 0.3 is 0 Å². The van der Waals surface area contributed by atoms with Crippen LogP contribution in [0.4, 0.5) is 0 Å². The van der Waals surface area contributed by atoms with Gasteiger partial charge in [-0.3, -0.25) is 9.59 Å². The molecule has 0 aromatic heterocycles. The minimum atomic E-state index is 0.0596. The van der Waals surface area contributed by atoms with Crippen molar-refractivity contribution in [2.24, 2.45) is 11.8 Å². The highest BCUT2D eigenvalue weighted by Crippen LogP contribution is 2.23. The molecular weight excluding hydrogens is 252 g/mol. The maximum Gasteiger partial charge on any atom is 0.225 e. The molecule has 2 atom stereocenters. The summed E-state index contributed by atoms with van der Waals surface area (Å²) in [6, 6.07) is 0. The molecule has 0 N–H and O–H groups in total. The SMILES string of the molecule is CCCC(CCC(CCC)C(=O)N(C)C)C(=O)N(C)C. The second-order valence-electron chi connectivity index (χ2n) is 6.01. The molecule has 0 aliphatic rings. The second kappa shape index (κ2) is 9.78. The summed E-state index contributed by atoms with van der Waals surface area (Å²) >= 11 is 0. The summed E-state index contributed by atoms with van der Waals surface area (Å²) < 4.78 is 0. The molecule has 20 heavy (non-hydrogen) atoms. The van der Waals surface area contributed by atoms with Crippen LogP contribution in [0.5, 0.6) is 0 Å². The van der Waals surface area contributed by atoms with Crippen LogP contribution in [0.2, 0.25) is 0 Å². The lowest BCUT2D eigenvalue weighted by Crippen LogP contribution is -2.32. The number of amides is 2. The quantitative estimate of drug-likeness (QED) is 0.653. The molecule has 0 rings (SSSR count). The predicted octanol–water partition coefficient (Wildman–Crippen LogP) is 2.78. The summed E-state index contributed by atoms with van der Waals surface area (Å²) in [4.78, 5) is 27.6. The highest BCUT2D eigenvalue weighted by Gasteiger charge is 2.24. The van der Waals surface area contributed by atoms with Gasteiger partial charge in [0.1, 0.15) is 0 Å². The number of nitrogens with zero attached hydrogens (tertiary/aromatic N) is 2. The van der Waals surface area contributed by atoms with E-state index in [0.29, 0.717) is 0 Å². The third-order valence-corrected chi connectivity index (χ3v) is 3.72. The molecule has 4 heteroatoms. The summed E-state index contributed by atoms with van der Waals surface area (Å²) in [7, 11) is 7.22. The van der Waals surface area contributed by atoms with Crippen molar-refractivity contribution in [2.75, 3.05) is 28.2 Å². The standard InChI is InChI=1S/C16H32N2O2/c1-7-9-13(15(19)17(3)4)11-12-14(10-8-2)16(20)18(5)6/h13-14H,7-12H2,1-6H3. The van der Waals surface area contributed by atoms with E-state index in [9.17, 15) is 9.59 Å². The Kier molecular flexibility index (Phi) is 9.26. The number of rotatable bonds is 9. The zero-order valence-electron chi connectivity index (χ0n) is 14.1. The van der Waals surface area contributed by atoms with E-state index in [1.165, 1.54) is 0 Å². The topological polar surface area (TPSA) is 40.6 Å². The van der Waals surface area contributed by atoms with Crippen molar-refractivity contribution in [1.82, 2.24) is 9.80 Å². The number of hydrogen-bond acceptors (Lipinski definition) is 2. The number of carbonyl (C=O) groups excluding carboxylic acids is 2. The van der Waals surface area contributed by atoms with Crippen LogP contribution in [0.15, 0.2) is 0 Å². The lowest BCUT2D eigenvalue weighted by Gasteiger charge is -2.24. The molecule has 0 bridgehead atoms. The van der Waals surface area contributed by atoms with E-state index in [4.69, 9.17) is 0 Å². The first-order valence-electron chi connectivity index (χ1n) is 7.77. The Labute approximate surface area is 124 Å². The monoisotopic (exact) mass is 284 g/mol. The van der Waals surface area contributed by atoms with Crippen LogP contribution >= 0.6 is 0 Å². The molecule has 0 saturated heterocycles. The van der Waals surface area contributed by atoms with Gasteiger partial charge in [0.15, 0.2) is 0 Å². The van der Waals surface area contributed by atoms with E-state index in [1.807, 2.05) is 0 Å². The summed E-state index contributed by atoms with van der Waals surface area (Å²) in [5.74, 6) is 0.507. The van der Waals surface area contributed by atoms with Gasteiger partial charge in [0.25, 0.3) is 0 Å². The van der Waals surface area contributed by atoms with E-state index >= 15 is 0 Å². The molecule has 0 aliphatic heterocycles. The number of hydrogen-bond donors (Lipinski definition) is 0. The van der Waals surface area contributed by atoms with Crippen LogP contribution < -0.4 is 0 Å². The average molecular weight is 284 g/mol. The Balaban J connectivity index is 4.62. The molecule has 0 radical (unpaired) electrons. The fraction of sp³-hybridized carbons (Fsp3) is 0.875. The van der Waals surface area contributed by atoms with Crippen molar-refractivity contribution in [2.45, 2.75) is 52.4 Å². The van der Waals surface area contributed by atoms with Crippen LogP contribution in [0.3, 0.4) is 0 Å². The maximum atomic E-state index is 12.1. The van der Waals surface area contributed by atoms with Crippen molar-refractivity contribution in [3.05, 3.63) is 0 Å². The fourth-order valence-electron chi connectivity index (χ4n) is 2.61. The van der Waals surface area contributed by atoms with E-state index in [-0.39, 0.29) is 23.7 Å². The Hall–Kier alpha value is -1.06. The Bertz CT molecular complexity index is 271. The van der Waals surface area contributed by atoms with Gasteiger partial charge in [-0.15, -0.1) is 0 Å². The Morgan fingerprint density at radius 1 is 0.700 bits per heavy atom. The van der Waals surface area contributed by atoms with E-state index < -0.39 is 0 Å². The van der Waals surface area contributed by atoms with E-state index in [2.05, 4.69) is 13.8 Å². The molecule has 2 unspecified atom stereocenters. The van der Waals surface area contributed by atoms with Gasteiger partial charge in [0.05, 0.1) is 0 Å². The second-order valence-corrected chi connectivity index (χ2v) is 6.01. The van der Waals surface area contributed by atoms with Gasteiger partial charge in [-0.2, -0.15) is 0 Å². The van der Waals surface area contributed by atoms with Crippen LogP contribution in [0.1, 0.15) is 52.4 Å². The van der Waals surface area contributed by atoms with Gasteiger partial charge in [0, 0.05) is 40.0 Å². The minimum absolute atomic E-state index is 0.0596. The third-order valence-electron chi connectivity index (χ3n) is 3.72. The molecule has 118 valence electrons. The normalized spacial score (nSPS) is 13.7. The molecule has 0 spiro atoms. The highest BCUT2D eigenvalue weighted by molar-refractivity contribution is 5.79. The molecule has 4 nitrogen and oxygen atoms in total. The lowest BCUT2D eigenvalue weighted by atomic mass is 9.89. The Morgan fingerprint density at radius 3 is 1.20 bits per heavy atom. The third kappa shape index (κ3) is 6.40. The molecular formula is C16H32N2O2. The zero-order valence-corrected chi connectivity index (χ0v) is 14.1. The summed E-state index contributed by atoms with van der Waals surface area (Å²) in [5, 5.41) is 0. The maximum absolute atomic E-state index is 12.1. The largest absolute Gasteiger partial charge is 0.349 e. The van der Waals surface area contributed by atoms with Gasteiger partial charge in [-0.25, -0.2) is 0 Å². The fourth-order valence-corrected chi connectivity index (χ4v) is 2.61. The lowest BCUT2D eigenvalue weighted by molar-refractivity contribution is -0.136. The molecule has 0 fully saturated rings. The molecule has 0 aromatic rings. The summed E-state index contributed by atoms with van der Waals surface area (Å²) in [6.45, 7) is 4.20. The Morgan fingerprint density at radius 2 is 1.00 bits per heavy atom. The van der Waals surface area contributed by atoms with Gasteiger partial charge in [-0.05, 0) is 25.7 Å². The summed E-state index contributed by atoms with van der Waals surface area (Å²) in [6.07, 6.45) is 5.46. The van der Waals surface area contributed by atoms with Crippen LogP contribution in [-0.4, -0.2) is 49.8 Å². The van der Waals surface area contributed by atoms with Crippen molar-refractivity contribution in [3.8, 4) is 0 Å². The van der Waals surface area contributed by atoms with Crippen molar-refractivity contribution in [1.29, 1.82) is 0 Å². The van der Waals surface area contributed by atoms with Crippen molar-refractivity contribution >= 4 is 11.8 Å². The molecule has 2 amide bonds. The van der Waals surface area contributed by atoms with Crippen LogP contribution in [-0.2, 0) is 9.59 Å². The molecule has 0 heterocycles. The van der Waals surface area contributed by atoms with Gasteiger partial charge in [0.2, 0.25) is 11.8 Å². The highest BCUT2D eigenvalue weighted by atomic mass is 16.2. The smallest absolute Gasteiger partial charge is 0.225 e. The van der Waals surface area contributed by atoms with E-state index in [0.717, 1.165) is 38.5 Å². The average Bonchev–Trinajstić information content (AvgIpc) is 2.39. The first-order valence-corrected chi connectivity index (χ1v) is 7.77. The van der Waals surface area contributed by atoms with Gasteiger partial charge in [-0.1, -0.05) is 26.7 Å². The summed E-state index contributed by atoms with van der Waals surface area (Å²) in [5.41, 5.74) is 0. The van der Waals surface area contributed by atoms with Gasteiger partial charge < -0.3 is 9.80 Å². The molecule has 0 aromatic carbocycles. The zero-order chi connectivity index (χ0) is 15.7. The van der Waals surface area contributed by atoms with Crippen molar-refractivity contribution < 1.29 is 9.59 Å². The minimum Gasteiger partial charge on any atom is -0.349 e. The first-order chi connectivity index (χ1) is 9.34. The molecule has 0 aliphatic carbocycles. The first kappa shape index (κ1) is 18.9.